The molecule has 3 nitrogen and oxygen atoms in total. The van der Waals surface area contributed by atoms with Gasteiger partial charge in [0.2, 0.25) is 0 Å². The van der Waals surface area contributed by atoms with Gasteiger partial charge in [-0.2, -0.15) is 0 Å². The molecular formula is C10H21N3. The SMILES string of the molecule is NN1CCCCC1C1CCCCN1. The van der Waals surface area contributed by atoms with Crippen LogP contribution in [-0.4, -0.2) is 30.2 Å². The predicted molar refractivity (Wildman–Crippen MR) is 54.2 cm³/mol. The Hall–Kier alpha value is -0.120. The fourth-order valence-corrected chi connectivity index (χ4v) is 2.62. The molecule has 0 aromatic heterocycles. The van der Waals surface area contributed by atoms with E-state index in [2.05, 4.69) is 10.3 Å². The molecule has 76 valence electrons. The molecule has 2 heterocycles. The second-order valence-corrected chi connectivity index (χ2v) is 4.36. The molecule has 2 rings (SSSR count). The minimum absolute atomic E-state index is 0.606. The monoisotopic (exact) mass is 183 g/mol. The highest BCUT2D eigenvalue weighted by molar-refractivity contribution is 4.87. The zero-order chi connectivity index (χ0) is 9.10. The van der Waals surface area contributed by atoms with E-state index in [9.17, 15) is 0 Å². The molecule has 0 radical (unpaired) electrons. The Morgan fingerprint density at radius 2 is 1.92 bits per heavy atom. The zero-order valence-electron chi connectivity index (χ0n) is 8.34. The zero-order valence-corrected chi connectivity index (χ0v) is 8.34. The van der Waals surface area contributed by atoms with Gasteiger partial charge >= 0.3 is 0 Å². The van der Waals surface area contributed by atoms with Gasteiger partial charge in [0.25, 0.3) is 0 Å². The van der Waals surface area contributed by atoms with E-state index < -0.39 is 0 Å². The van der Waals surface area contributed by atoms with Crippen molar-refractivity contribution in [3.8, 4) is 0 Å². The highest BCUT2D eigenvalue weighted by Crippen LogP contribution is 2.21. The number of hydrazine groups is 1. The van der Waals surface area contributed by atoms with E-state index in [1.807, 2.05) is 0 Å². The topological polar surface area (TPSA) is 41.3 Å². The third-order valence-corrected chi connectivity index (χ3v) is 3.41. The third-order valence-electron chi connectivity index (χ3n) is 3.41. The summed E-state index contributed by atoms with van der Waals surface area (Å²) in [5.41, 5.74) is 0. The summed E-state index contributed by atoms with van der Waals surface area (Å²) in [6.45, 7) is 2.28. The largest absolute Gasteiger partial charge is 0.312 e. The summed E-state index contributed by atoms with van der Waals surface area (Å²) in [4.78, 5) is 0. The van der Waals surface area contributed by atoms with Crippen LogP contribution in [0.4, 0.5) is 0 Å². The predicted octanol–water partition coefficient (Wildman–Crippen LogP) is 0.857. The number of hydrogen-bond donors (Lipinski definition) is 2. The van der Waals surface area contributed by atoms with Crippen LogP contribution in [-0.2, 0) is 0 Å². The summed E-state index contributed by atoms with van der Waals surface area (Å²) in [5.74, 6) is 6.00. The summed E-state index contributed by atoms with van der Waals surface area (Å²) >= 11 is 0. The minimum Gasteiger partial charge on any atom is -0.312 e. The Morgan fingerprint density at radius 1 is 1.08 bits per heavy atom. The quantitative estimate of drug-likeness (QED) is 0.592. The van der Waals surface area contributed by atoms with Gasteiger partial charge in [0.15, 0.2) is 0 Å². The smallest absolute Gasteiger partial charge is 0.0394 e. The molecule has 2 atom stereocenters. The summed E-state index contributed by atoms with van der Waals surface area (Å²) in [6.07, 6.45) is 7.96. The van der Waals surface area contributed by atoms with Crippen molar-refractivity contribution in [3.05, 3.63) is 0 Å². The Kier molecular flexibility index (Phi) is 3.19. The molecule has 2 aliphatic rings. The molecule has 2 aliphatic heterocycles. The molecule has 2 fully saturated rings. The van der Waals surface area contributed by atoms with Crippen molar-refractivity contribution in [3.63, 3.8) is 0 Å². The van der Waals surface area contributed by atoms with Crippen LogP contribution >= 0.6 is 0 Å². The van der Waals surface area contributed by atoms with Gasteiger partial charge in [-0.1, -0.05) is 12.8 Å². The van der Waals surface area contributed by atoms with Crippen molar-refractivity contribution in [2.24, 2.45) is 5.84 Å². The standard InChI is InChI=1S/C10H21N3/c11-13-8-4-2-6-10(13)9-5-1-3-7-12-9/h9-10,12H,1-8,11H2. The van der Waals surface area contributed by atoms with Gasteiger partial charge in [0, 0.05) is 18.6 Å². The first-order valence-corrected chi connectivity index (χ1v) is 5.62. The molecule has 13 heavy (non-hydrogen) atoms. The van der Waals surface area contributed by atoms with Crippen LogP contribution in [0.1, 0.15) is 38.5 Å². The Balaban J connectivity index is 1.88. The molecule has 0 bridgehead atoms. The van der Waals surface area contributed by atoms with Crippen LogP contribution < -0.4 is 11.2 Å². The van der Waals surface area contributed by atoms with Crippen molar-refractivity contribution in [2.45, 2.75) is 50.6 Å². The van der Waals surface area contributed by atoms with Gasteiger partial charge < -0.3 is 5.32 Å². The van der Waals surface area contributed by atoms with Crippen molar-refractivity contribution in [1.82, 2.24) is 10.3 Å². The molecule has 2 unspecified atom stereocenters. The van der Waals surface area contributed by atoms with E-state index in [4.69, 9.17) is 5.84 Å². The lowest BCUT2D eigenvalue weighted by Crippen LogP contribution is -2.56. The molecule has 3 heteroatoms. The molecule has 0 amide bonds. The lowest BCUT2D eigenvalue weighted by atomic mass is 9.91. The molecule has 0 saturated carbocycles. The maximum absolute atomic E-state index is 6.00. The maximum Gasteiger partial charge on any atom is 0.0394 e. The Bertz CT molecular complexity index is 154. The lowest BCUT2D eigenvalue weighted by Gasteiger charge is -2.39. The van der Waals surface area contributed by atoms with Crippen molar-refractivity contribution in [2.75, 3.05) is 13.1 Å². The summed E-state index contributed by atoms with van der Waals surface area (Å²) in [5, 5.41) is 5.66. The van der Waals surface area contributed by atoms with Crippen molar-refractivity contribution in [1.29, 1.82) is 0 Å². The van der Waals surface area contributed by atoms with Gasteiger partial charge in [0.1, 0.15) is 0 Å². The van der Waals surface area contributed by atoms with Crippen LogP contribution in [0.25, 0.3) is 0 Å². The Morgan fingerprint density at radius 3 is 2.62 bits per heavy atom. The number of hydrogen-bond acceptors (Lipinski definition) is 3. The summed E-state index contributed by atoms with van der Waals surface area (Å²) in [6, 6.07) is 1.27. The second kappa shape index (κ2) is 4.40. The van der Waals surface area contributed by atoms with Gasteiger partial charge in [-0.15, -0.1) is 0 Å². The fourth-order valence-electron chi connectivity index (χ4n) is 2.62. The minimum atomic E-state index is 0.606. The van der Waals surface area contributed by atoms with Gasteiger partial charge in [0.05, 0.1) is 0 Å². The van der Waals surface area contributed by atoms with Gasteiger partial charge in [-0.25, -0.2) is 5.01 Å². The molecule has 0 spiro atoms. The fraction of sp³-hybridized carbons (Fsp3) is 1.00. The normalized spacial score (nSPS) is 37.6. The van der Waals surface area contributed by atoms with E-state index >= 15 is 0 Å². The van der Waals surface area contributed by atoms with Crippen LogP contribution in [0.3, 0.4) is 0 Å². The van der Waals surface area contributed by atoms with Crippen LogP contribution in [0.5, 0.6) is 0 Å². The number of nitrogens with two attached hydrogens (primary N) is 1. The maximum atomic E-state index is 6.00. The van der Waals surface area contributed by atoms with Crippen molar-refractivity contribution < 1.29 is 0 Å². The van der Waals surface area contributed by atoms with Crippen LogP contribution in [0.2, 0.25) is 0 Å². The van der Waals surface area contributed by atoms with Crippen molar-refractivity contribution >= 4 is 0 Å². The first kappa shape index (κ1) is 9.44. The highest BCUT2D eigenvalue weighted by atomic mass is 15.4. The summed E-state index contributed by atoms with van der Waals surface area (Å²) < 4.78 is 0. The van der Waals surface area contributed by atoms with Gasteiger partial charge in [-0.05, 0) is 32.2 Å². The molecular weight excluding hydrogens is 162 g/mol. The number of rotatable bonds is 1. The molecule has 0 aromatic carbocycles. The van der Waals surface area contributed by atoms with Gasteiger partial charge in [-0.3, -0.25) is 5.84 Å². The molecule has 2 saturated heterocycles. The summed E-state index contributed by atoms with van der Waals surface area (Å²) in [7, 11) is 0. The first-order chi connectivity index (χ1) is 6.38. The number of nitrogens with one attached hydrogen (secondary N) is 1. The number of piperidine rings is 2. The first-order valence-electron chi connectivity index (χ1n) is 5.62. The van der Waals surface area contributed by atoms with E-state index in [0.717, 1.165) is 6.54 Å². The molecule has 3 N–H and O–H groups in total. The molecule has 0 aromatic rings. The molecule has 0 aliphatic carbocycles. The number of nitrogens with zero attached hydrogens (tertiary/aromatic N) is 1. The van der Waals surface area contributed by atoms with E-state index in [-0.39, 0.29) is 0 Å². The van der Waals surface area contributed by atoms with E-state index in [0.29, 0.717) is 12.1 Å². The average molecular weight is 183 g/mol. The van der Waals surface area contributed by atoms with Crippen LogP contribution in [0, 0.1) is 0 Å². The van der Waals surface area contributed by atoms with E-state index in [1.54, 1.807) is 0 Å². The highest BCUT2D eigenvalue weighted by Gasteiger charge is 2.28. The van der Waals surface area contributed by atoms with E-state index in [1.165, 1.54) is 45.1 Å². The lowest BCUT2D eigenvalue weighted by molar-refractivity contribution is 0.104. The van der Waals surface area contributed by atoms with Crippen LogP contribution in [0.15, 0.2) is 0 Å². The Labute approximate surface area is 80.6 Å². The third kappa shape index (κ3) is 2.22. The average Bonchev–Trinajstić information content (AvgIpc) is 2.20. The second-order valence-electron chi connectivity index (χ2n) is 4.36.